The van der Waals surface area contributed by atoms with E-state index in [-0.39, 0.29) is 18.3 Å². The monoisotopic (exact) mass is 586 g/mol. The largest absolute Gasteiger partial charge is 0.433 e. The van der Waals surface area contributed by atoms with Gasteiger partial charge in [-0.15, -0.1) is 10.2 Å². The molecule has 7 nitrogen and oxygen atoms in total. The van der Waals surface area contributed by atoms with E-state index in [0.717, 1.165) is 17.3 Å². The van der Waals surface area contributed by atoms with Gasteiger partial charge in [-0.1, -0.05) is 17.7 Å². The van der Waals surface area contributed by atoms with Crippen LogP contribution in [0.4, 0.5) is 32.2 Å². The molecule has 1 N–H and O–H groups in total. The highest BCUT2D eigenvalue weighted by Gasteiger charge is 2.62. The van der Waals surface area contributed by atoms with Crippen LogP contribution in [-0.4, -0.2) is 60.7 Å². The summed E-state index contributed by atoms with van der Waals surface area (Å²) in [6.45, 7) is 1.51. The summed E-state index contributed by atoms with van der Waals surface area (Å²) < 4.78 is 81.2. The van der Waals surface area contributed by atoms with Crippen LogP contribution in [0.2, 0.25) is 5.02 Å². The molecule has 4 heterocycles. The van der Waals surface area contributed by atoms with Gasteiger partial charge in [0.1, 0.15) is 17.3 Å². The highest BCUT2D eigenvalue weighted by molar-refractivity contribution is 6.30. The van der Waals surface area contributed by atoms with Crippen LogP contribution in [-0.2, 0) is 19.3 Å². The van der Waals surface area contributed by atoms with E-state index in [1.54, 1.807) is 18.2 Å². The van der Waals surface area contributed by atoms with E-state index in [0.29, 0.717) is 49.1 Å². The first-order valence-corrected chi connectivity index (χ1v) is 13.3. The average molecular weight is 587 g/mol. The van der Waals surface area contributed by atoms with Gasteiger partial charge >= 0.3 is 12.4 Å². The Labute approximate surface area is 230 Å². The highest BCUT2D eigenvalue weighted by atomic mass is 35.5. The summed E-state index contributed by atoms with van der Waals surface area (Å²) in [6.07, 6.45) is -8.86. The fourth-order valence-corrected chi connectivity index (χ4v) is 6.10. The minimum atomic E-state index is -4.69. The second-order valence-corrected chi connectivity index (χ2v) is 11.2. The lowest BCUT2D eigenvalue weighted by molar-refractivity contribution is -0.300. The topological polar surface area (TPSA) is 70.3 Å². The first kappa shape index (κ1) is 27.3. The van der Waals surface area contributed by atoms with Crippen molar-refractivity contribution in [2.24, 2.45) is 0 Å². The molecule has 3 aliphatic rings. The number of hydrogen-bond acceptors (Lipinski definition) is 6. The van der Waals surface area contributed by atoms with E-state index < -0.39 is 42.5 Å². The van der Waals surface area contributed by atoms with Crippen molar-refractivity contribution >= 4 is 17.4 Å². The molecule has 0 bridgehead atoms. The van der Waals surface area contributed by atoms with E-state index >= 15 is 0 Å². The van der Waals surface area contributed by atoms with E-state index in [1.807, 2.05) is 20.4 Å². The normalized spacial score (nSPS) is 24.3. The second-order valence-electron chi connectivity index (χ2n) is 10.7. The smallest absolute Gasteiger partial charge is 0.380 e. The van der Waals surface area contributed by atoms with Crippen LogP contribution in [0.5, 0.6) is 0 Å². The summed E-state index contributed by atoms with van der Waals surface area (Å²) in [5.41, 5.74) is -2.04. The average Bonchev–Trinajstić information content (AvgIpc) is 3.21. The van der Waals surface area contributed by atoms with Crippen molar-refractivity contribution in [2.75, 3.05) is 18.0 Å². The molecule has 1 aromatic carbocycles. The Kier molecular flexibility index (Phi) is 6.54. The number of aliphatic hydroxyl groups is 1. The lowest BCUT2D eigenvalue weighted by Crippen LogP contribution is -2.61. The fraction of sp³-hybridized carbons (Fsp3) is 0.500. The number of rotatable bonds is 3. The molecule has 0 radical (unpaired) electrons. The number of fused-ring (bicyclic) bond motifs is 3. The van der Waals surface area contributed by atoms with Gasteiger partial charge in [-0.05, 0) is 48.7 Å². The lowest BCUT2D eigenvalue weighted by Gasteiger charge is -2.48. The van der Waals surface area contributed by atoms with Crippen molar-refractivity contribution in [1.29, 1.82) is 0 Å². The van der Waals surface area contributed by atoms with Crippen molar-refractivity contribution in [3.63, 3.8) is 0 Å². The quantitative estimate of drug-likeness (QED) is 0.410. The van der Waals surface area contributed by atoms with Gasteiger partial charge in [-0.25, -0.2) is 4.98 Å². The van der Waals surface area contributed by atoms with Gasteiger partial charge < -0.3 is 10.0 Å². The van der Waals surface area contributed by atoms with Crippen LogP contribution >= 0.6 is 11.6 Å². The van der Waals surface area contributed by atoms with Gasteiger partial charge in [-0.2, -0.15) is 26.3 Å². The van der Waals surface area contributed by atoms with Crippen molar-refractivity contribution in [3.8, 4) is 5.69 Å². The Morgan fingerprint density at radius 2 is 1.68 bits per heavy atom. The number of anilines is 1. The van der Waals surface area contributed by atoms with Gasteiger partial charge in [0, 0.05) is 49.5 Å². The Balaban J connectivity index is 1.24. The molecular weight excluding hydrogens is 562 g/mol. The Morgan fingerprint density at radius 1 is 0.950 bits per heavy atom. The number of benzene rings is 1. The molecule has 0 amide bonds. The molecule has 1 saturated heterocycles. The number of pyridine rings is 1. The maximum Gasteiger partial charge on any atom is 0.433 e. The van der Waals surface area contributed by atoms with Crippen LogP contribution < -0.4 is 4.90 Å². The van der Waals surface area contributed by atoms with Crippen LogP contribution in [0.15, 0.2) is 36.4 Å². The van der Waals surface area contributed by atoms with Crippen LogP contribution in [0.25, 0.3) is 5.69 Å². The van der Waals surface area contributed by atoms with Gasteiger partial charge in [0.15, 0.2) is 11.4 Å². The molecule has 40 heavy (non-hydrogen) atoms. The molecule has 1 saturated carbocycles. The Hall–Kier alpha value is -2.90. The first-order chi connectivity index (χ1) is 18.8. The van der Waals surface area contributed by atoms with Crippen molar-refractivity contribution in [2.45, 2.75) is 68.7 Å². The molecule has 2 fully saturated rings. The van der Waals surface area contributed by atoms with Gasteiger partial charge in [0.05, 0.1) is 12.2 Å². The zero-order chi connectivity index (χ0) is 28.4. The number of nitrogens with zero attached hydrogens (tertiary/aromatic N) is 6. The molecule has 2 aliphatic heterocycles. The highest BCUT2D eigenvalue weighted by Crippen LogP contribution is 2.48. The van der Waals surface area contributed by atoms with Gasteiger partial charge in [0.25, 0.3) is 0 Å². The van der Waals surface area contributed by atoms with E-state index in [9.17, 15) is 31.4 Å². The summed E-state index contributed by atoms with van der Waals surface area (Å²) in [5.74, 6) is 1.48. The molecule has 0 atom stereocenters. The van der Waals surface area contributed by atoms with Crippen molar-refractivity contribution in [3.05, 3.63) is 64.3 Å². The van der Waals surface area contributed by atoms with Gasteiger partial charge in [-0.3, -0.25) is 9.47 Å². The summed E-state index contributed by atoms with van der Waals surface area (Å²) >= 11 is 6.28. The third kappa shape index (κ3) is 4.81. The fourth-order valence-electron chi connectivity index (χ4n) is 5.91. The molecular formula is C26H25ClF6N6O. The summed E-state index contributed by atoms with van der Waals surface area (Å²) in [5, 5.41) is 19.4. The predicted molar refractivity (Wildman–Crippen MR) is 133 cm³/mol. The molecule has 1 aliphatic carbocycles. The number of piperidine rings is 1. The third-order valence-electron chi connectivity index (χ3n) is 8.16. The zero-order valence-corrected chi connectivity index (χ0v) is 21.8. The second kappa shape index (κ2) is 9.59. The molecule has 6 rings (SSSR count). The first-order valence-electron chi connectivity index (χ1n) is 12.9. The van der Waals surface area contributed by atoms with Gasteiger partial charge in [0.2, 0.25) is 0 Å². The Bertz CT molecular complexity index is 1410. The van der Waals surface area contributed by atoms with Crippen LogP contribution in [0, 0.1) is 0 Å². The molecule has 2 aromatic heterocycles. The van der Waals surface area contributed by atoms with Crippen molar-refractivity contribution < 1.29 is 31.4 Å². The van der Waals surface area contributed by atoms with Crippen LogP contribution in [0.1, 0.15) is 54.5 Å². The number of aromatic nitrogens is 4. The lowest BCUT2D eigenvalue weighted by atomic mass is 9.74. The molecule has 0 spiro atoms. The van der Waals surface area contributed by atoms with E-state index in [2.05, 4.69) is 15.2 Å². The summed E-state index contributed by atoms with van der Waals surface area (Å²) in [6, 6.07) is 8.72. The van der Waals surface area contributed by atoms with Crippen LogP contribution in [0.3, 0.4) is 0 Å². The van der Waals surface area contributed by atoms with Crippen molar-refractivity contribution in [1.82, 2.24) is 24.6 Å². The number of halogens is 7. The molecule has 14 heteroatoms. The summed E-state index contributed by atoms with van der Waals surface area (Å²) in [4.78, 5) is 7.49. The SMILES string of the molecule is OC1(C(F)(F)F)CC(N2Cc3cc(Cl)ccc3-n3c(nnc3C3CCN(c4cccc(C(F)(F)F)n4)CC3)C2)C1. The van der Waals surface area contributed by atoms with E-state index in [1.165, 1.54) is 6.07 Å². The molecule has 3 aromatic rings. The Morgan fingerprint density at radius 3 is 2.35 bits per heavy atom. The molecule has 0 unspecified atom stereocenters. The maximum atomic E-state index is 13.3. The van der Waals surface area contributed by atoms with E-state index in [4.69, 9.17) is 11.6 Å². The maximum absolute atomic E-state index is 13.3. The third-order valence-corrected chi connectivity index (χ3v) is 8.39. The number of hydrogen-bond donors (Lipinski definition) is 1. The minimum Gasteiger partial charge on any atom is -0.380 e. The predicted octanol–water partition coefficient (Wildman–Crippen LogP) is 5.49. The minimum absolute atomic E-state index is 0.0441. The zero-order valence-electron chi connectivity index (χ0n) is 21.1. The number of alkyl halides is 6. The standard InChI is InChI=1S/C26H25ClF6N6O/c27-17-4-5-19-16(10-17)13-38(18-11-24(40,12-18)26(31,32)33)14-22-35-36-23(39(19)22)15-6-8-37(9-7-15)21-3-1-2-20(34-21)25(28,29)30/h1-5,10,15,18,40H,6-9,11-14H2. The summed E-state index contributed by atoms with van der Waals surface area (Å²) in [7, 11) is 0. The molecule has 214 valence electrons.